The molecule has 1 aromatic carbocycles. The molecule has 1 atom stereocenters. The van der Waals surface area contributed by atoms with Crippen molar-refractivity contribution in [1.29, 1.82) is 0 Å². The van der Waals surface area contributed by atoms with Crippen LogP contribution in [0.1, 0.15) is 23.5 Å². The van der Waals surface area contributed by atoms with E-state index in [9.17, 15) is 18.0 Å². The molecule has 1 fully saturated rings. The molecule has 1 aliphatic rings. The summed E-state index contributed by atoms with van der Waals surface area (Å²) >= 11 is 0. The highest BCUT2D eigenvalue weighted by Crippen LogP contribution is 2.36. The molecule has 2 rings (SSSR count). The second-order valence-electron chi connectivity index (χ2n) is 3.79. The van der Waals surface area contributed by atoms with Crippen LogP contribution in [0.3, 0.4) is 0 Å². The van der Waals surface area contributed by atoms with Gasteiger partial charge in [-0.2, -0.15) is 13.2 Å². The third-order valence-corrected chi connectivity index (χ3v) is 2.68. The van der Waals surface area contributed by atoms with Crippen molar-refractivity contribution in [3.8, 4) is 0 Å². The van der Waals surface area contributed by atoms with E-state index in [2.05, 4.69) is 5.32 Å². The molecule has 0 bridgehead atoms. The molecular weight excluding hydrogens is 219 g/mol. The smallest absolute Gasteiger partial charge is 0.355 e. The zero-order valence-corrected chi connectivity index (χ0v) is 8.34. The van der Waals surface area contributed by atoms with Gasteiger partial charge in [-0.05, 0) is 11.6 Å². The Balaban J connectivity index is 2.37. The fourth-order valence-electron chi connectivity index (χ4n) is 1.94. The number of amides is 1. The molecule has 0 saturated carbocycles. The third kappa shape index (κ3) is 2.03. The Bertz CT molecular complexity index is 414. The molecule has 1 aromatic rings. The van der Waals surface area contributed by atoms with Crippen molar-refractivity contribution >= 4 is 5.91 Å². The second-order valence-corrected chi connectivity index (χ2v) is 3.79. The van der Waals surface area contributed by atoms with Crippen LogP contribution in [0.2, 0.25) is 0 Å². The van der Waals surface area contributed by atoms with Crippen molar-refractivity contribution in [3.05, 3.63) is 35.4 Å². The van der Waals surface area contributed by atoms with Gasteiger partial charge in [0.2, 0.25) is 5.91 Å². The quantitative estimate of drug-likeness (QED) is 0.786. The van der Waals surface area contributed by atoms with Crippen LogP contribution in [0, 0.1) is 0 Å². The molecule has 0 unspecified atom stereocenters. The first-order chi connectivity index (χ1) is 7.48. The summed E-state index contributed by atoms with van der Waals surface area (Å²) in [6.07, 6.45) is -4.23. The first-order valence-corrected chi connectivity index (χ1v) is 4.91. The Morgan fingerprint density at radius 3 is 2.50 bits per heavy atom. The maximum atomic E-state index is 12.7. The lowest BCUT2D eigenvalue weighted by molar-refractivity contribution is -0.138. The SMILES string of the molecule is O=C1C[C@@H](c2ccccc2C(F)(F)F)CN1. The van der Waals surface area contributed by atoms with Crippen molar-refractivity contribution in [2.75, 3.05) is 6.54 Å². The van der Waals surface area contributed by atoms with Gasteiger partial charge in [-0.1, -0.05) is 18.2 Å². The van der Waals surface area contributed by atoms with Crippen molar-refractivity contribution in [3.63, 3.8) is 0 Å². The van der Waals surface area contributed by atoms with E-state index in [1.165, 1.54) is 12.1 Å². The van der Waals surface area contributed by atoms with E-state index >= 15 is 0 Å². The van der Waals surface area contributed by atoms with Crippen LogP contribution < -0.4 is 5.32 Å². The lowest BCUT2D eigenvalue weighted by atomic mass is 9.93. The number of nitrogens with one attached hydrogen (secondary N) is 1. The number of hydrogen-bond donors (Lipinski definition) is 1. The van der Waals surface area contributed by atoms with E-state index in [1.807, 2.05) is 0 Å². The Kier molecular flexibility index (Phi) is 2.61. The van der Waals surface area contributed by atoms with Gasteiger partial charge >= 0.3 is 6.18 Å². The molecule has 1 heterocycles. The first kappa shape index (κ1) is 11.0. The standard InChI is InChI=1S/C11H10F3NO/c12-11(13,14)9-4-2-1-3-8(9)7-5-10(16)15-6-7/h1-4,7H,5-6H2,(H,15,16)/t7-/m1/s1. The van der Waals surface area contributed by atoms with Gasteiger partial charge in [0.25, 0.3) is 0 Å². The van der Waals surface area contributed by atoms with E-state index in [0.717, 1.165) is 6.07 Å². The van der Waals surface area contributed by atoms with Gasteiger partial charge < -0.3 is 5.32 Å². The Morgan fingerprint density at radius 2 is 1.94 bits per heavy atom. The van der Waals surface area contributed by atoms with Crippen molar-refractivity contribution in [1.82, 2.24) is 5.32 Å². The molecule has 1 amide bonds. The lowest BCUT2D eigenvalue weighted by Gasteiger charge is -2.16. The zero-order chi connectivity index (χ0) is 11.8. The van der Waals surface area contributed by atoms with E-state index in [4.69, 9.17) is 0 Å². The van der Waals surface area contributed by atoms with Gasteiger partial charge in [-0.25, -0.2) is 0 Å². The number of carbonyl (C=O) groups is 1. The van der Waals surface area contributed by atoms with Gasteiger partial charge in [-0.3, -0.25) is 4.79 Å². The molecule has 0 aliphatic carbocycles. The molecular formula is C11H10F3NO. The monoisotopic (exact) mass is 229 g/mol. The molecule has 5 heteroatoms. The minimum atomic E-state index is -4.36. The van der Waals surface area contributed by atoms with Gasteiger partial charge in [0, 0.05) is 18.9 Å². The molecule has 16 heavy (non-hydrogen) atoms. The number of alkyl halides is 3. The van der Waals surface area contributed by atoms with Crippen LogP contribution in [0.5, 0.6) is 0 Å². The molecule has 0 aromatic heterocycles. The largest absolute Gasteiger partial charge is 0.416 e. The van der Waals surface area contributed by atoms with Crippen LogP contribution in [0.4, 0.5) is 13.2 Å². The van der Waals surface area contributed by atoms with Crippen LogP contribution in [-0.2, 0) is 11.0 Å². The fourth-order valence-corrected chi connectivity index (χ4v) is 1.94. The summed E-state index contributed by atoms with van der Waals surface area (Å²) < 4.78 is 38.1. The lowest BCUT2D eigenvalue weighted by Crippen LogP contribution is -2.15. The summed E-state index contributed by atoms with van der Waals surface area (Å²) in [4.78, 5) is 11.0. The minimum Gasteiger partial charge on any atom is -0.355 e. The summed E-state index contributed by atoms with van der Waals surface area (Å²) in [6, 6.07) is 5.41. The van der Waals surface area contributed by atoms with Crippen LogP contribution in [0.25, 0.3) is 0 Å². The number of hydrogen-bond acceptors (Lipinski definition) is 1. The predicted molar refractivity (Wildman–Crippen MR) is 51.8 cm³/mol. The average Bonchev–Trinajstić information content (AvgIpc) is 2.64. The highest BCUT2D eigenvalue weighted by molar-refractivity contribution is 5.79. The van der Waals surface area contributed by atoms with Crippen LogP contribution in [0.15, 0.2) is 24.3 Å². The van der Waals surface area contributed by atoms with Gasteiger partial charge in [0.15, 0.2) is 0 Å². The number of rotatable bonds is 1. The number of benzene rings is 1. The average molecular weight is 229 g/mol. The fraction of sp³-hybridized carbons (Fsp3) is 0.364. The third-order valence-electron chi connectivity index (χ3n) is 2.68. The highest BCUT2D eigenvalue weighted by atomic mass is 19.4. The zero-order valence-electron chi connectivity index (χ0n) is 8.34. The van der Waals surface area contributed by atoms with E-state index in [1.54, 1.807) is 6.07 Å². The summed E-state index contributed by atoms with van der Waals surface area (Å²) in [6.45, 7) is 0.284. The maximum Gasteiger partial charge on any atom is 0.416 e. The van der Waals surface area contributed by atoms with Crippen LogP contribution >= 0.6 is 0 Å². The van der Waals surface area contributed by atoms with Gasteiger partial charge in [-0.15, -0.1) is 0 Å². The predicted octanol–water partition coefficient (Wildman–Crippen LogP) is 2.31. The molecule has 0 radical (unpaired) electrons. The molecule has 1 saturated heterocycles. The summed E-state index contributed by atoms with van der Waals surface area (Å²) in [5.41, 5.74) is -0.440. The molecule has 0 spiro atoms. The number of halogens is 3. The first-order valence-electron chi connectivity index (χ1n) is 4.91. The minimum absolute atomic E-state index is 0.132. The van der Waals surface area contributed by atoms with E-state index < -0.39 is 11.7 Å². The van der Waals surface area contributed by atoms with E-state index in [-0.39, 0.29) is 30.4 Å². The van der Waals surface area contributed by atoms with Crippen molar-refractivity contribution < 1.29 is 18.0 Å². The maximum absolute atomic E-state index is 12.7. The van der Waals surface area contributed by atoms with E-state index in [0.29, 0.717) is 0 Å². The van der Waals surface area contributed by atoms with Crippen molar-refractivity contribution in [2.45, 2.75) is 18.5 Å². The molecule has 1 N–H and O–H groups in total. The summed E-state index contributed by atoms with van der Waals surface area (Å²) in [5, 5.41) is 2.54. The van der Waals surface area contributed by atoms with Crippen LogP contribution in [-0.4, -0.2) is 12.5 Å². The number of carbonyl (C=O) groups excluding carboxylic acids is 1. The normalized spacial score (nSPS) is 20.9. The van der Waals surface area contributed by atoms with Crippen molar-refractivity contribution in [2.24, 2.45) is 0 Å². The summed E-state index contributed by atoms with van der Waals surface area (Å²) in [7, 11) is 0. The Morgan fingerprint density at radius 1 is 1.25 bits per heavy atom. The molecule has 2 nitrogen and oxygen atoms in total. The topological polar surface area (TPSA) is 29.1 Å². The Labute approximate surface area is 90.5 Å². The molecule has 86 valence electrons. The Hall–Kier alpha value is -1.52. The highest BCUT2D eigenvalue weighted by Gasteiger charge is 2.36. The van der Waals surface area contributed by atoms with Gasteiger partial charge in [0.1, 0.15) is 0 Å². The van der Waals surface area contributed by atoms with Gasteiger partial charge in [0.05, 0.1) is 5.56 Å². The second kappa shape index (κ2) is 3.81. The molecule has 1 aliphatic heterocycles. The summed E-state index contributed by atoms with van der Waals surface area (Å²) in [5.74, 6) is -0.563.